The molecule has 2 nitrogen and oxygen atoms in total. The van der Waals surface area contributed by atoms with Crippen LogP contribution in [0.15, 0.2) is 18.2 Å². The van der Waals surface area contributed by atoms with Crippen molar-refractivity contribution in [3.8, 4) is 5.75 Å². The maximum absolute atomic E-state index is 13.6. The van der Waals surface area contributed by atoms with Crippen LogP contribution in [0, 0.1) is 12.7 Å². The Hall–Kier alpha value is -1.09. The zero-order chi connectivity index (χ0) is 10.7. The number of hydrogen-bond donors (Lipinski definition) is 0. The number of rotatable bonds is 2. The highest BCUT2D eigenvalue weighted by Crippen LogP contribution is 2.23. The van der Waals surface area contributed by atoms with Crippen LogP contribution >= 0.6 is 0 Å². The molecular formula is C12H15FO2. The van der Waals surface area contributed by atoms with Gasteiger partial charge < -0.3 is 9.47 Å². The highest BCUT2D eigenvalue weighted by molar-refractivity contribution is 5.30. The minimum Gasteiger partial charge on any atom is -0.487 e. The standard InChI is InChI=1S/C12H15FO2/c1-9-3-2-4-11(12(9)13)15-10-5-7-14-8-6-10/h2-4,10H,5-8H2,1H3. The summed E-state index contributed by atoms with van der Waals surface area (Å²) in [5.41, 5.74) is 0.625. The second-order valence-corrected chi connectivity index (χ2v) is 3.82. The van der Waals surface area contributed by atoms with Gasteiger partial charge in [-0.05, 0) is 18.6 Å². The fraction of sp³-hybridized carbons (Fsp3) is 0.500. The second-order valence-electron chi connectivity index (χ2n) is 3.82. The number of halogens is 1. The molecule has 1 aromatic carbocycles. The monoisotopic (exact) mass is 210 g/mol. The van der Waals surface area contributed by atoms with E-state index >= 15 is 0 Å². The van der Waals surface area contributed by atoms with Gasteiger partial charge in [0.1, 0.15) is 6.10 Å². The summed E-state index contributed by atoms with van der Waals surface area (Å²) < 4.78 is 24.4. The van der Waals surface area contributed by atoms with E-state index in [2.05, 4.69) is 0 Å². The van der Waals surface area contributed by atoms with Crippen molar-refractivity contribution in [1.29, 1.82) is 0 Å². The molecule has 3 heteroatoms. The van der Waals surface area contributed by atoms with Crippen molar-refractivity contribution in [2.24, 2.45) is 0 Å². The summed E-state index contributed by atoms with van der Waals surface area (Å²) in [5.74, 6) is 0.117. The Morgan fingerprint density at radius 3 is 2.80 bits per heavy atom. The normalized spacial score (nSPS) is 17.7. The lowest BCUT2D eigenvalue weighted by Gasteiger charge is -2.23. The first kappa shape index (κ1) is 10.4. The van der Waals surface area contributed by atoms with E-state index < -0.39 is 0 Å². The average molecular weight is 210 g/mol. The zero-order valence-electron chi connectivity index (χ0n) is 8.83. The van der Waals surface area contributed by atoms with Gasteiger partial charge in [0.25, 0.3) is 0 Å². The van der Waals surface area contributed by atoms with E-state index in [9.17, 15) is 4.39 Å². The molecule has 1 fully saturated rings. The van der Waals surface area contributed by atoms with Gasteiger partial charge in [-0.1, -0.05) is 12.1 Å². The smallest absolute Gasteiger partial charge is 0.167 e. The van der Waals surface area contributed by atoms with Gasteiger partial charge in [-0.25, -0.2) is 4.39 Å². The van der Waals surface area contributed by atoms with Crippen LogP contribution in [0.25, 0.3) is 0 Å². The van der Waals surface area contributed by atoms with Gasteiger partial charge in [0, 0.05) is 12.8 Å². The molecule has 0 radical (unpaired) electrons. The summed E-state index contributed by atoms with van der Waals surface area (Å²) in [4.78, 5) is 0. The third-order valence-electron chi connectivity index (χ3n) is 2.62. The molecule has 0 aromatic heterocycles. The van der Waals surface area contributed by atoms with Crippen molar-refractivity contribution in [2.75, 3.05) is 13.2 Å². The molecule has 0 atom stereocenters. The van der Waals surface area contributed by atoms with E-state index in [4.69, 9.17) is 9.47 Å². The molecule has 2 rings (SSSR count). The average Bonchev–Trinajstić information content (AvgIpc) is 2.26. The molecule has 1 aliphatic heterocycles. The van der Waals surface area contributed by atoms with E-state index in [-0.39, 0.29) is 11.9 Å². The van der Waals surface area contributed by atoms with Crippen molar-refractivity contribution in [3.05, 3.63) is 29.6 Å². The summed E-state index contributed by atoms with van der Waals surface area (Å²) in [6.45, 7) is 3.16. The highest BCUT2D eigenvalue weighted by atomic mass is 19.1. The molecule has 1 saturated heterocycles. The van der Waals surface area contributed by atoms with E-state index in [0.29, 0.717) is 24.5 Å². The maximum Gasteiger partial charge on any atom is 0.167 e. The van der Waals surface area contributed by atoms with Gasteiger partial charge in [0.15, 0.2) is 11.6 Å². The third-order valence-corrected chi connectivity index (χ3v) is 2.62. The summed E-state index contributed by atoms with van der Waals surface area (Å²) >= 11 is 0. The van der Waals surface area contributed by atoms with Crippen LogP contribution in [0.3, 0.4) is 0 Å². The Bertz CT molecular complexity index is 332. The topological polar surface area (TPSA) is 18.5 Å². The highest BCUT2D eigenvalue weighted by Gasteiger charge is 2.17. The predicted molar refractivity (Wildman–Crippen MR) is 55.6 cm³/mol. The Balaban J connectivity index is 2.06. The van der Waals surface area contributed by atoms with Gasteiger partial charge >= 0.3 is 0 Å². The lowest BCUT2D eigenvalue weighted by atomic mass is 10.1. The summed E-state index contributed by atoms with van der Waals surface area (Å²) in [7, 11) is 0. The van der Waals surface area contributed by atoms with Crippen LogP contribution in [0.1, 0.15) is 18.4 Å². The molecule has 0 spiro atoms. The largest absolute Gasteiger partial charge is 0.487 e. The minimum atomic E-state index is -0.246. The zero-order valence-corrected chi connectivity index (χ0v) is 8.83. The van der Waals surface area contributed by atoms with E-state index in [1.165, 1.54) is 0 Å². The minimum absolute atomic E-state index is 0.0926. The van der Waals surface area contributed by atoms with Crippen LogP contribution < -0.4 is 4.74 Å². The molecule has 15 heavy (non-hydrogen) atoms. The quantitative estimate of drug-likeness (QED) is 0.747. The molecule has 0 saturated carbocycles. The number of ether oxygens (including phenoxy) is 2. The SMILES string of the molecule is Cc1cccc(OC2CCOCC2)c1F. The van der Waals surface area contributed by atoms with E-state index in [1.54, 1.807) is 19.1 Å². The molecule has 0 amide bonds. The van der Waals surface area contributed by atoms with Crippen molar-refractivity contribution in [1.82, 2.24) is 0 Å². The van der Waals surface area contributed by atoms with E-state index in [1.807, 2.05) is 6.07 Å². The van der Waals surface area contributed by atoms with Crippen LogP contribution in [-0.4, -0.2) is 19.3 Å². The van der Waals surface area contributed by atoms with Crippen LogP contribution in [-0.2, 0) is 4.74 Å². The molecule has 1 heterocycles. The molecule has 0 bridgehead atoms. The van der Waals surface area contributed by atoms with Gasteiger partial charge in [0.05, 0.1) is 13.2 Å². The van der Waals surface area contributed by atoms with Crippen LogP contribution in [0.2, 0.25) is 0 Å². The Morgan fingerprint density at radius 2 is 2.07 bits per heavy atom. The van der Waals surface area contributed by atoms with Crippen LogP contribution in [0.4, 0.5) is 4.39 Å². The molecule has 82 valence electrons. The second kappa shape index (κ2) is 4.62. The molecular weight excluding hydrogens is 195 g/mol. The summed E-state index contributed by atoms with van der Waals surface area (Å²) in [6.07, 6.45) is 1.77. The first-order chi connectivity index (χ1) is 7.27. The first-order valence-electron chi connectivity index (χ1n) is 5.27. The lowest BCUT2D eigenvalue weighted by molar-refractivity contribution is 0.0240. The summed E-state index contributed by atoms with van der Waals surface area (Å²) in [5, 5.41) is 0. The van der Waals surface area contributed by atoms with Crippen molar-refractivity contribution in [2.45, 2.75) is 25.9 Å². The van der Waals surface area contributed by atoms with Gasteiger partial charge in [-0.2, -0.15) is 0 Å². The molecule has 1 aromatic rings. The Labute approximate surface area is 89.0 Å². The summed E-state index contributed by atoms with van der Waals surface area (Å²) in [6, 6.07) is 5.23. The lowest BCUT2D eigenvalue weighted by Crippen LogP contribution is -2.26. The molecule has 0 aliphatic carbocycles. The number of aryl methyl sites for hydroxylation is 1. The van der Waals surface area contributed by atoms with Gasteiger partial charge in [0.2, 0.25) is 0 Å². The maximum atomic E-state index is 13.6. The van der Waals surface area contributed by atoms with Gasteiger partial charge in [-0.15, -0.1) is 0 Å². The molecule has 0 unspecified atom stereocenters. The fourth-order valence-corrected chi connectivity index (χ4v) is 1.68. The Morgan fingerprint density at radius 1 is 1.33 bits per heavy atom. The molecule has 1 aliphatic rings. The van der Waals surface area contributed by atoms with Gasteiger partial charge in [-0.3, -0.25) is 0 Å². The molecule has 0 N–H and O–H groups in total. The van der Waals surface area contributed by atoms with Crippen LogP contribution in [0.5, 0.6) is 5.75 Å². The first-order valence-corrected chi connectivity index (χ1v) is 5.27. The van der Waals surface area contributed by atoms with E-state index in [0.717, 1.165) is 12.8 Å². The number of hydrogen-bond acceptors (Lipinski definition) is 2. The third kappa shape index (κ3) is 2.48. The van der Waals surface area contributed by atoms with Crippen molar-refractivity contribution in [3.63, 3.8) is 0 Å². The predicted octanol–water partition coefficient (Wildman–Crippen LogP) is 2.69. The Kier molecular flexibility index (Phi) is 3.21. The number of benzene rings is 1. The van der Waals surface area contributed by atoms with Crippen molar-refractivity contribution >= 4 is 0 Å². The fourth-order valence-electron chi connectivity index (χ4n) is 1.68. The van der Waals surface area contributed by atoms with Crippen molar-refractivity contribution < 1.29 is 13.9 Å².